The fraction of sp³-hybridized carbons (Fsp3) is 0.250. The average molecular weight is 418 g/mol. The molecular weight excluding hydrogens is 396 g/mol. The normalized spacial score (nSPS) is 11.2. The van der Waals surface area contributed by atoms with Gasteiger partial charge in [-0.25, -0.2) is 0 Å². The van der Waals surface area contributed by atoms with Crippen molar-refractivity contribution in [1.82, 2.24) is 10.9 Å². The maximum absolute atomic E-state index is 12.5. The van der Waals surface area contributed by atoms with Crippen LogP contribution in [0.1, 0.15) is 27.6 Å². The van der Waals surface area contributed by atoms with Gasteiger partial charge in [-0.1, -0.05) is 12.1 Å². The second-order valence-electron chi connectivity index (χ2n) is 5.76. The lowest BCUT2D eigenvalue weighted by molar-refractivity contribution is -0.139. The third-order valence-electron chi connectivity index (χ3n) is 3.90. The minimum absolute atomic E-state index is 0.282. The number of hydrazine groups is 1. The summed E-state index contributed by atoms with van der Waals surface area (Å²) in [6.07, 6.45) is 0. The Bertz CT molecular complexity index is 902. The molecule has 2 aromatic rings. The standard InChI is InChI=1S/C20H22N2O6S/c1-12(20(25)28-4)29-17-8-6-5-7-14(17)19(24)22-21-18(23)13-9-10-15(26-2)16(11-13)27-3/h5-12H,1-4H3,(H,21,23)(H,22,24). The minimum Gasteiger partial charge on any atom is -0.493 e. The van der Waals surface area contributed by atoms with Gasteiger partial charge in [-0.15, -0.1) is 11.8 Å². The van der Waals surface area contributed by atoms with E-state index in [-0.39, 0.29) is 5.56 Å². The van der Waals surface area contributed by atoms with Crippen molar-refractivity contribution in [3.8, 4) is 11.5 Å². The number of benzene rings is 2. The van der Waals surface area contributed by atoms with Crippen molar-refractivity contribution in [1.29, 1.82) is 0 Å². The molecule has 154 valence electrons. The number of carbonyl (C=O) groups excluding carboxylic acids is 3. The maximum atomic E-state index is 12.5. The third kappa shape index (κ3) is 5.64. The van der Waals surface area contributed by atoms with E-state index in [2.05, 4.69) is 10.9 Å². The maximum Gasteiger partial charge on any atom is 0.318 e. The summed E-state index contributed by atoms with van der Waals surface area (Å²) in [5, 5.41) is -0.490. The summed E-state index contributed by atoms with van der Waals surface area (Å²) in [4.78, 5) is 37.1. The van der Waals surface area contributed by atoms with Gasteiger partial charge >= 0.3 is 5.97 Å². The van der Waals surface area contributed by atoms with Gasteiger partial charge in [-0.05, 0) is 37.3 Å². The topological polar surface area (TPSA) is 103 Å². The van der Waals surface area contributed by atoms with Gasteiger partial charge in [-0.3, -0.25) is 25.2 Å². The summed E-state index contributed by atoms with van der Waals surface area (Å²) < 4.78 is 15.0. The molecular formula is C20H22N2O6S. The number of thioether (sulfide) groups is 1. The molecule has 0 aliphatic heterocycles. The lowest BCUT2D eigenvalue weighted by atomic mass is 10.2. The molecule has 0 heterocycles. The van der Waals surface area contributed by atoms with E-state index in [0.29, 0.717) is 22.0 Å². The van der Waals surface area contributed by atoms with Gasteiger partial charge in [0.25, 0.3) is 11.8 Å². The molecule has 0 aliphatic rings. The Hall–Kier alpha value is -3.20. The van der Waals surface area contributed by atoms with Gasteiger partial charge in [0.2, 0.25) is 0 Å². The van der Waals surface area contributed by atoms with Crippen molar-refractivity contribution in [3.05, 3.63) is 53.6 Å². The number of methoxy groups -OCH3 is 3. The Balaban J connectivity index is 2.08. The molecule has 9 heteroatoms. The molecule has 1 atom stereocenters. The van der Waals surface area contributed by atoms with Crippen LogP contribution in [0.5, 0.6) is 11.5 Å². The fourth-order valence-corrected chi connectivity index (χ4v) is 3.41. The van der Waals surface area contributed by atoms with Gasteiger partial charge in [-0.2, -0.15) is 0 Å². The third-order valence-corrected chi connectivity index (χ3v) is 5.06. The number of nitrogens with one attached hydrogen (secondary N) is 2. The Morgan fingerprint density at radius 2 is 1.55 bits per heavy atom. The molecule has 0 fully saturated rings. The van der Waals surface area contributed by atoms with Crippen LogP contribution in [0.3, 0.4) is 0 Å². The van der Waals surface area contributed by atoms with Gasteiger partial charge in [0, 0.05) is 10.5 Å². The Morgan fingerprint density at radius 1 is 0.897 bits per heavy atom. The summed E-state index contributed by atoms with van der Waals surface area (Å²) in [7, 11) is 4.27. The highest BCUT2D eigenvalue weighted by molar-refractivity contribution is 8.00. The number of rotatable bonds is 7. The molecule has 29 heavy (non-hydrogen) atoms. The monoisotopic (exact) mass is 418 g/mol. The molecule has 0 spiro atoms. The SMILES string of the molecule is COC(=O)C(C)Sc1ccccc1C(=O)NNC(=O)c1ccc(OC)c(OC)c1. The molecule has 0 saturated heterocycles. The van der Waals surface area contributed by atoms with Crippen molar-refractivity contribution in [2.45, 2.75) is 17.1 Å². The molecule has 0 radical (unpaired) electrons. The summed E-state index contributed by atoms with van der Waals surface area (Å²) in [6, 6.07) is 11.4. The predicted octanol–water partition coefficient (Wildman–Crippen LogP) is 2.43. The minimum atomic E-state index is -0.521. The van der Waals surface area contributed by atoms with Crippen LogP contribution in [0, 0.1) is 0 Å². The Kier molecular flexibility index (Phi) is 7.90. The van der Waals surface area contributed by atoms with Crippen LogP contribution in [0.2, 0.25) is 0 Å². The highest BCUT2D eigenvalue weighted by atomic mass is 32.2. The highest BCUT2D eigenvalue weighted by Gasteiger charge is 2.19. The zero-order chi connectivity index (χ0) is 21.4. The highest BCUT2D eigenvalue weighted by Crippen LogP contribution is 2.28. The van der Waals surface area contributed by atoms with E-state index in [0.717, 1.165) is 0 Å². The van der Waals surface area contributed by atoms with Crippen molar-refractivity contribution in [2.75, 3.05) is 21.3 Å². The van der Waals surface area contributed by atoms with E-state index in [1.54, 1.807) is 43.3 Å². The zero-order valence-electron chi connectivity index (χ0n) is 16.5. The number of esters is 1. The number of hydrogen-bond acceptors (Lipinski definition) is 7. The number of hydrogen-bond donors (Lipinski definition) is 2. The molecule has 1 unspecified atom stereocenters. The van der Waals surface area contributed by atoms with Crippen LogP contribution in [0.15, 0.2) is 47.4 Å². The Labute approximate surface area is 172 Å². The molecule has 0 aromatic heterocycles. The van der Waals surface area contributed by atoms with Gasteiger partial charge in [0.05, 0.1) is 26.9 Å². The smallest absolute Gasteiger partial charge is 0.318 e. The summed E-state index contributed by atoms with van der Waals surface area (Å²) in [5.74, 6) is -0.554. The van der Waals surface area contributed by atoms with Crippen LogP contribution >= 0.6 is 11.8 Å². The molecule has 0 bridgehead atoms. The van der Waals surface area contributed by atoms with E-state index < -0.39 is 23.0 Å². The van der Waals surface area contributed by atoms with Gasteiger partial charge in [0.15, 0.2) is 11.5 Å². The van der Waals surface area contributed by atoms with E-state index in [1.807, 2.05) is 0 Å². The molecule has 0 aliphatic carbocycles. The van der Waals surface area contributed by atoms with E-state index in [4.69, 9.17) is 14.2 Å². The van der Waals surface area contributed by atoms with Crippen molar-refractivity contribution < 1.29 is 28.6 Å². The summed E-state index contributed by atoms with van der Waals surface area (Å²) in [6.45, 7) is 1.68. The number of amides is 2. The van der Waals surface area contributed by atoms with Crippen LogP contribution in [-0.4, -0.2) is 44.4 Å². The largest absolute Gasteiger partial charge is 0.493 e. The summed E-state index contributed by atoms with van der Waals surface area (Å²) in [5.41, 5.74) is 5.35. The first-order valence-corrected chi connectivity index (χ1v) is 9.45. The molecule has 0 saturated carbocycles. The molecule has 2 N–H and O–H groups in total. The second-order valence-corrected chi connectivity index (χ2v) is 7.14. The molecule has 2 amide bonds. The Morgan fingerprint density at radius 3 is 2.21 bits per heavy atom. The van der Waals surface area contributed by atoms with E-state index in [9.17, 15) is 14.4 Å². The number of carbonyl (C=O) groups is 3. The molecule has 2 rings (SSSR count). The predicted molar refractivity (Wildman–Crippen MR) is 108 cm³/mol. The van der Waals surface area contributed by atoms with E-state index in [1.165, 1.54) is 39.2 Å². The first kappa shape index (κ1) is 22.1. The molecule has 2 aromatic carbocycles. The van der Waals surface area contributed by atoms with Crippen molar-refractivity contribution in [3.63, 3.8) is 0 Å². The summed E-state index contributed by atoms with van der Waals surface area (Å²) >= 11 is 1.19. The van der Waals surface area contributed by atoms with Crippen molar-refractivity contribution >= 4 is 29.5 Å². The first-order chi connectivity index (χ1) is 13.9. The average Bonchev–Trinajstić information content (AvgIpc) is 2.76. The fourth-order valence-electron chi connectivity index (χ4n) is 2.39. The first-order valence-electron chi connectivity index (χ1n) is 8.57. The van der Waals surface area contributed by atoms with E-state index >= 15 is 0 Å². The quantitative estimate of drug-likeness (QED) is 0.404. The van der Waals surface area contributed by atoms with Gasteiger partial charge in [0.1, 0.15) is 5.25 Å². The number of ether oxygens (including phenoxy) is 3. The molecule has 8 nitrogen and oxygen atoms in total. The van der Waals surface area contributed by atoms with Crippen LogP contribution in [0.25, 0.3) is 0 Å². The lowest BCUT2D eigenvalue weighted by Crippen LogP contribution is -2.41. The van der Waals surface area contributed by atoms with Gasteiger partial charge < -0.3 is 14.2 Å². The second kappa shape index (κ2) is 10.4. The zero-order valence-corrected chi connectivity index (χ0v) is 17.3. The van der Waals surface area contributed by atoms with Crippen LogP contribution in [-0.2, 0) is 9.53 Å². The lowest BCUT2D eigenvalue weighted by Gasteiger charge is -2.14. The van der Waals surface area contributed by atoms with Crippen molar-refractivity contribution in [2.24, 2.45) is 0 Å². The van der Waals surface area contributed by atoms with Crippen LogP contribution < -0.4 is 20.3 Å². The van der Waals surface area contributed by atoms with Crippen LogP contribution in [0.4, 0.5) is 0 Å².